The van der Waals surface area contributed by atoms with Crippen molar-refractivity contribution in [2.24, 2.45) is 0 Å². The van der Waals surface area contributed by atoms with E-state index in [1.807, 2.05) is 30.3 Å². The number of halogens is 1. The van der Waals surface area contributed by atoms with Crippen molar-refractivity contribution in [1.82, 2.24) is 4.98 Å². The summed E-state index contributed by atoms with van der Waals surface area (Å²) < 4.78 is 5.70. The van der Waals surface area contributed by atoms with Gasteiger partial charge in [0.15, 0.2) is 0 Å². The third-order valence-electron chi connectivity index (χ3n) is 3.09. The number of para-hydroxylation sites is 1. The number of pyridine rings is 1. The average molecular weight is 325 g/mol. The van der Waals surface area contributed by atoms with Crippen LogP contribution in [-0.4, -0.2) is 10.9 Å². The molecule has 23 heavy (non-hydrogen) atoms. The Hall–Kier alpha value is -2.85. The van der Waals surface area contributed by atoms with E-state index in [-0.39, 0.29) is 11.1 Å². The first-order valence-corrected chi connectivity index (χ1v) is 7.35. The first kappa shape index (κ1) is 15.1. The standard InChI is InChI=1S/C18H13ClN2O2/c19-17-16(7-4-12-20-17)18(22)21-13-8-10-15(11-9-13)23-14-5-2-1-3-6-14/h1-12H,(H,21,22). The first-order chi connectivity index (χ1) is 11.2. The Morgan fingerprint density at radius 2 is 1.61 bits per heavy atom. The second kappa shape index (κ2) is 6.94. The number of benzene rings is 2. The van der Waals surface area contributed by atoms with Gasteiger partial charge in [0, 0.05) is 11.9 Å². The highest BCUT2D eigenvalue weighted by Gasteiger charge is 2.10. The highest BCUT2D eigenvalue weighted by Crippen LogP contribution is 2.23. The lowest BCUT2D eigenvalue weighted by Gasteiger charge is -2.08. The maximum atomic E-state index is 12.1. The second-order valence-electron chi connectivity index (χ2n) is 4.74. The maximum Gasteiger partial charge on any atom is 0.258 e. The minimum absolute atomic E-state index is 0.175. The number of rotatable bonds is 4. The minimum atomic E-state index is -0.306. The number of hydrogen-bond acceptors (Lipinski definition) is 3. The summed E-state index contributed by atoms with van der Waals surface area (Å²) in [7, 11) is 0. The second-order valence-corrected chi connectivity index (χ2v) is 5.09. The van der Waals surface area contributed by atoms with Crippen molar-refractivity contribution in [1.29, 1.82) is 0 Å². The van der Waals surface area contributed by atoms with Crippen LogP contribution >= 0.6 is 11.6 Å². The average Bonchev–Trinajstić information content (AvgIpc) is 2.58. The number of carbonyl (C=O) groups is 1. The predicted molar refractivity (Wildman–Crippen MR) is 90.2 cm³/mol. The quantitative estimate of drug-likeness (QED) is 0.703. The molecular weight excluding hydrogens is 312 g/mol. The van der Waals surface area contributed by atoms with Crippen LogP contribution in [0.3, 0.4) is 0 Å². The van der Waals surface area contributed by atoms with Crippen LogP contribution in [0, 0.1) is 0 Å². The summed E-state index contributed by atoms with van der Waals surface area (Å²) in [6.07, 6.45) is 1.54. The summed E-state index contributed by atoms with van der Waals surface area (Å²) in [6, 6.07) is 19.9. The van der Waals surface area contributed by atoms with Crippen LogP contribution in [0.5, 0.6) is 11.5 Å². The van der Waals surface area contributed by atoms with E-state index in [0.717, 1.165) is 5.75 Å². The van der Waals surface area contributed by atoms with Gasteiger partial charge in [-0.1, -0.05) is 29.8 Å². The zero-order valence-corrected chi connectivity index (χ0v) is 12.8. The van der Waals surface area contributed by atoms with E-state index in [1.165, 1.54) is 6.20 Å². The van der Waals surface area contributed by atoms with Crippen molar-refractivity contribution in [2.75, 3.05) is 5.32 Å². The molecular formula is C18H13ClN2O2. The highest BCUT2D eigenvalue weighted by molar-refractivity contribution is 6.33. The SMILES string of the molecule is O=C(Nc1ccc(Oc2ccccc2)cc1)c1cccnc1Cl. The fourth-order valence-electron chi connectivity index (χ4n) is 1.98. The molecule has 0 unspecified atom stereocenters. The monoisotopic (exact) mass is 324 g/mol. The number of carbonyl (C=O) groups excluding carboxylic acids is 1. The molecule has 0 saturated heterocycles. The van der Waals surface area contributed by atoms with E-state index in [2.05, 4.69) is 10.3 Å². The Morgan fingerprint density at radius 1 is 0.913 bits per heavy atom. The molecule has 114 valence electrons. The molecule has 0 atom stereocenters. The Morgan fingerprint density at radius 3 is 2.30 bits per heavy atom. The number of nitrogens with zero attached hydrogens (tertiary/aromatic N) is 1. The molecule has 3 rings (SSSR count). The van der Waals surface area contributed by atoms with Crippen LogP contribution in [0.15, 0.2) is 72.9 Å². The van der Waals surface area contributed by atoms with Crippen molar-refractivity contribution in [2.45, 2.75) is 0 Å². The number of ether oxygens (including phenoxy) is 1. The molecule has 1 amide bonds. The number of nitrogens with one attached hydrogen (secondary N) is 1. The van der Waals surface area contributed by atoms with E-state index in [0.29, 0.717) is 17.0 Å². The van der Waals surface area contributed by atoms with Gasteiger partial charge in [-0.2, -0.15) is 0 Å². The largest absolute Gasteiger partial charge is 0.457 e. The molecule has 2 aromatic carbocycles. The van der Waals surface area contributed by atoms with Crippen LogP contribution in [0.2, 0.25) is 5.15 Å². The van der Waals surface area contributed by atoms with Crippen LogP contribution in [0.1, 0.15) is 10.4 Å². The summed E-state index contributed by atoms with van der Waals surface area (Å²) in [6.45, 7) is 0. The Bertz CT molecular complexity index is 805. The van der Waals surface area contributed by atoms with Gasteiger partial charge < -0.3 is 10.1 Å². The number of aromatic nitrogens is 1. The van der Waals surface area contributed by atoms with Gasteiger partial charge in [0.25, 0.3) is 5.91 Å². The molecule has 0 aliphatic heterocycles. The third kappa shape index (κ3) is 3.87. The third-order valence-corrected chi connectivity index (χ3v) is 3.40. The first-order valence-electron chi connectivity index (χ1n) is 6.97. The molecule has 4 nitrogen and oxygen atoms in total. The molecule has 1 aromatic heterocycles. The molecule has 0 aliphatic rings. The fraction of sp³-hybridized carbons (Fsp3) is 0. The van der Waals surface area contributed by atoms with Gasteiger partial charge in [0.2, 0.25) is 0 Å². The minimum Gasteiger partial charge on any atom is -0.457 e. The lowest BCUT2D eigenvalue weighted by Crippen LogP contribution is -2.12. The smallest absolute Gasteiger partial charge is 0.258 e. The maximum absolute atomic E-state index is 12.1. The van der Waals surface area contributed by atoms with Crippen LogP contribution in [0.4, 0.5) is 5.69 Å². The molecule has 1 N–H and O–H groups in total. The zero-order chi connectivity index (χ0) is 16.1. The van der Waals surface area contributed by atoms with Gasteiger partial charge >= 0.3 is 0 Å². The van der Waals surface area contributed by atoms with Gasteiger partial charge in [-0.25, -0.2) is 4.98 Å². The van der Waals surface area contributed by atoms with Crippen molar-refractivity contribution >= 4 is 23.2 Å². The van der Waals surface area contributed by atoms with Gasteiger partial charge in [-0.15, -0.1) is 0 Å². The van der Waals surface area contributed by atoms with E-state index in [1.54, 1.807) is 36.4 Å². The Labute approximate surface area is 138 Å². The van der Waals surface area contributed by atoms with Gasteiger partial charge in [0.05, 0.1) is 5.56 Å². The Kier molecular flexibility index (Phi) is 4.54. The molecule has 0 spiro atoms. The summed E-state index contributed by atoms with van der Waals surface area (Å²) in [5, 5.41) is 2.95. The molecule has 3 aromatic rings. The van der Waals surface area contributed by atoms with E-state index in [4.69, 9.17) is 16.3 Å². The molecule has 0 radical (unpaired) electrons. The molecule has 0 saturated carbocycles. The van der Waals surface area contributed by atoms with Crippen LogP contribution in [-0.2, 0) is 0 Å². The summed E-state index contributed by atoms with van der Waals surface area (Å²) >= 11 is 5.91. The van der Waals surface area contributed by atoms with Gasteiger partial charge in [0.1, 0.15) is 16.7 Å². The van der Waals surface area contributed by atoms with E-state index in [9.17, 15) is 4.79 Å². The van der Waals surface area contributed by atoms with Crippen LogP contribution in [0.25, 0.3) is 0 Å². The van der Waals surface area contributed by atoms with Gasteiger partial charge in [-0.3, -0.25) is 4.79 Å². The topological polar surface area (TPSA) is 51.2 Å². The van der Waals surface area contributed by atoms with Crippen LogP contribution < -0.4 is 10.1 Å². The summed E-state index contributed by atoms with van der Waals surface area (Å²) in [5.74, 6) is 1.14. The molecule has 1 heterocycles. The van der Waals surface area contributed by atoms with Crippen molar-refractivity contribution < 1.29 is 9.53 Å². The highest BCUT2D eigenvalue weighted by atomic mass is 35.5. The van der Waals surface area contributed by atoms with Crippen molar-refractivity contribution in [3.8, 4) is 11.5 Å². The Balaban J connectivity index is 1.68. The molecule has 5 heteroatoms. The lowest BCUT2D eigenvalue weighted by atomic mass is 10.2. The predicted octanol–water partition coefficient (Wildman–Crippen LogP) is 4.78. The number of hydrogen-bond donors (Lipinski definition) is 1. The van der Waals surface area contributed by atoms with Crippen molar-refractivity contribution in [3.63, 3.8) is 0 Å². The lowest BCUT2D eigenvalue weighted by molar-refractivity contribution is 0.102. The number of amides is 1. The van der Waals surface area contributed by atoms with E-state index >= 15 is 0 Å². The zero-order valence-electron chi connectivity index (χ0n) is 12.1. The summed E-state index contributed by atoms with van der Waals surface area (Å²) in [4.78, 5) is 16.0. The number of anilines is 1. The molecule has 0 fully saturated rings. The summed E-state index contributed by atoms with van der Waals surface area (Å²) in [5.41, 5.74) is 0.981. The molecule has 0 bridgehead atoms. The van der Waals surface area contributed by atoms with E-state index < -0.39 is 0 Å². The normalized spacial score (nSPS) is 10.1. The van der Waals surface area contributed by atoms with Gasteiger partial charge in [-0.05, 0) is 48.5 Å². The van der Waals surface area contributed by atoms with Crippen molar-refractivity contribution in [3.05, 3.63) is 83.6 Å². The molecule has 0 aliphatic carbocycles. The fourth-order valence-corrected chi connectivity index (χ4v) is 2.19.